The zero-order valence-corrected chi connectivity index (χ0v) is 10.5. The monoisotopic (exact) mass is 237 g/mol. The average Bonchev–Trinajstić information content (AvgIpc) is 2.29. The van der Waals surface area contributed by atoms with Crippen molar-refractivity contribution in [2.75, 3.05) is 25.6 Å². The Hall–Kier alpha value is -1.71. The summed E-state index contributed by atoms with van der Waals surface area (Å²) in [5, 5.41) is 8.73. The van der Waals surface area contributed by atoms with Crippen molar-refractivity contribution in [3.63, 3.8) is 0 Å². The number of carboxylic acids is 1. The third-order valence-electron chi connectivity index (χ3n) is 2.58. The Morgan fingerprint density at radius 3 is 2.76 bits per heavy atom. The minimum atomic E-state index is -0.782. The predicted molar refractivity (Wildman–Crippen MR) is 67.7 cm³/mol. The number of rotatable bonds is 6. The molecule has 0 heterocycles. The van der Waals surface area contributed by atoms with E-state index >= 15 is 0 Å². The lowest BCUT2D eigenvalue weighted by atomic mass is 10.1. The zero-order valence-electron chi connectivity index (χ0n) is 10.5. The highest BCUT2D eigenvalue weighted by Gasteiger charge is 2.10. The van der Waals surface area contributed by atoms with E-state index in [1.54, 1.807) is 6.92 Å². The third kappa shape index (κ3) is 4.34. The molecular weight excluding hydrogens is 218 g/mol. The molecule has 0 saturated carbocycles. The molecule has 1 atom stereocenters. The van der Waals surface area contributed by atoms with Gasteiger partial charge in [-0.05, 0) is 18.6 Å². The summed E-state index contributed by atoms with van der Waals surface area (Å²) in [6.45, 7) is 2.10. The Labute approximate surface area is 102 Å². The van der Waals surface area contributed by atoms with E-state index in [4.69, 9.17) is 9.84 Å². The van der Waals surface area contributed by atoms with E-state index in [-0.39, 0.29) is 5.92 Å². The van der Waals surface area contributed by atoms with Crippen molar-refractivity contribution in [3.05, 3.63) is 24.3 Å². The van der Waals surface area contributed by atoms with Crippen molar-refractivity contribution in [1.29, 1.82) is 0 Å². The van der Waals surface area contributed by atoms with Crippen molar-refractivity contribution in [1.82, 2.24) is 0 Å². The van der Waals surface area contributed by atoms with Gasteiger partial charge in [0, 0.05) is 25.8 Å². The molecule has 0 aliphatic carbocycles. The third-order valence-corrected chi connectivity index (χ3v) is 2.58. The lowest BCUT2D eigenvalue weighted by molar-refractivity contribution is -0.141. The van der Waals surface area contributed by atoms with E-state index < -0.39 is 5.97 Å². The molecule has 0 fully saturated rings. The fourth-order valence-corrected chi connectivity index (χ4v) is 1.33. The van der Waals surface area contributed by atoms with Gasteiger partial charge in [0.05, 0.1) is 12.5 Å². The van der Waals surface area contributed by atoms with E-state index in [9.17, 15) is 4.79 Å². The van der Waals surface area contributed by atoms with E-state index in [0.717, 1.165) is 11.4 Å². The minimum absolute atomic E-state index is 0.368. The molecule has 0 radical (unpaired) electrons. The van der Waals surface area contributed by atoms with Crippen molar-refractivity contribution < 1.29 is 14.6 Å². The molecule has 0 aromatic heterocycles. The Morgan fingerprint density at radius 2 is 2.18 bits per heavy atom. The number of carboxylic acid groups (broad SMARTS) is 1. The van der Waals surface area contributed by atoms with Crippen molar-refractivity contribution >= 4 is 11.7 Å². The van der Waals surface area contributed by atoms with Crippen LogP contribution in [0.15, 0.2) is 24.3 Å². The molecular formula is C13H19NO3. The van der Waals surface area contributed by atoms with Crippen LogP contribution in [0.4, 0.5) is 5.69 Å². The van der Waals surface area contributed by atoms with Gasteiger partial charge in [-0.1, -0.05) is 13.0 Å². The summed E-state index contributed by atoms with van der Waals surface area (Å²) in [6, 6.07) is 7.72. The van der Waals surface area contributed by atoms with Gasteiger partial charge in [-0.2, -0.15) is 0 Å². The molecule has 0 saturated heterocycles. The Morgan fingerprint density at radius 1 is 1.47 bits per heavy atom. The fraction of sp³-hybridized carbons (Fsp3) is 0.462. The molecule has 0 bridgehead atoms. The number of carbonyl (C=O) groups is 1. The van der Waals surface area contributed by atoms with Crippen molar-refractivity contribution in [2.24, 2.45) is 5.92 Å². The minimum Gasteiger partial charge on any atom is -0.493 e. The first-order chi connectivity index (χ1) is 8.00. The molecule has 1 unspecified atom stereocenters. The summed E-state index contributed by atoms with van der Waals surface area (Å²) in [4.78, 5) is 12.6. The molecule has 0 aliphatic rings. The van der Waals surface area contributed by atoms with Gasteiger partial charge < -0.3 is 14.7 Å². The zero-order chi connectivity index (χ0) is 12.8. The first-order valence-corrected chi connectivity index (χ1v) is 5.63. The largest absolute Gasteiger partial charge is 0.493 e. The molecule has 1 aromatic carbocycles. The number of hydrogen-bond donors (Lipinski definition) is 1. The predicted octanol–water partition coefficient (Wildman–Crippen LogP) is 2.24. The van der Waals surface area contributed by atoms with Crippen LogP contribution >= 0.6 is 0 Å². The SMILES string of the molecule is CC(CCOc1cccc(N(C)C)c1)C(=O)O. The molecule has 1 N–H and O–H groups in total. The van der Waals surface area contributed by atoms with E-state index in [0.29, 0.717) is 13.0 Å². The smallest absolute Gasteiger partial charge is 0.306 e. The van der Waals surface area contributed by atoms with Gasteiger partial charge in [-0.25, -0.2) is 0 Å². The Bertz CT molecular complexity index is 377. The summed E-state index contributed by atoms with van der Waals surface area (Å²) in [5.41, 5.74) is 1.06. The molecule has 0 aliphatic heterocycles. The highest BCUT2D eigenvalue weighted by molar-refractivity contribution is 5.69. The molecule has 4 nitrogen and oxygen atoms in total. The van der Waals surface area contributed by atoms with Crippen LogP contribution < -0.4 is 9.64 Å². The normalized spacial score (nSPS) is 11.9. The number of anilines is 1. The molecule has 0 spiro atoms. The first kappa shape index (κ1) is 13.4. The lowest BCUT2D eigenvalue weighted by Gasteiger charge is -2.14. The summed E-state index contributed by atoms with van der Waals surface area (Å²) in [5.74, 6) is -0.378. The lowest BCUT2D eigenvalue weighted by Crippen LogP contribution is -2.13. The van der Waals surface area contributed by atoms with E-state index in [2.05, 4.69) is 0 Å². The van der Waals surface area contributed by atoms with Crippen LogP contribution in [0.2, 0.25) is 0 Å². The van der Waals surface area contributed by atoms with Gasteiger partial charge >= 0.3 is 5.97 Å². The Balaban J connectivity index is 2.47. The summed E-state index contributed by atoms with van der Waals surface area (Å²) >= 11 is 0. The molecule has 17 heavy (non-hydrogen) atoms. The number of ether oxygens (including phenoxy) is 1. The van der Waals surface area contributed by atoms with Gasteiger partial charge in [-0.15, -0.1) is 0 Å². The summed E-state index contributed by atoms with van der Waals surface area (Å²) < 4.78 is 5.53. The number of hydrogen-bond acceptors (Lipinski definition) is 3. The number of benzene rings is 1. The van der Waals surface area contributed by atoms with E-state index in [1.165, 1.54) is 0 Å². The van der Waals surface area contributed by atoms with Crippen LogP contribution in [0.25, 0.3) is 0 Å². The number of aliphatic carboxylic acids is 1. The molecule has 94 valence electrons. The first-order valence-electron chi connectivity index (χ1n) is 5.63. The maximum atomic E-state index is 10.6. The quantitative estimate of drug-likeness (QED) is 0.824. The maximum Gasteiger partial charge on any atom is 0.306 e. The standard InChI is InChI=1S/C13H19NO3/c1-10(13(15)16)7-8-17-12-6-4-5-11(9-12)14(2)3/h4-6,9-10H,7-8H2,1-3H3,(H,15,16). The second-order valence-corrected chi connectivity index (χ2v) is 4.27. The highest BCUT2D eigenvalue weighted by atomic mass is 16.5. The van der Waals surface area contributed by atoms with Crippen molar-refractivity contribution in [2.45, 2.75) is 13.3 Å². The van der Waals surface area contributed by atoms with Crippen LogP contribution in [-0.2, 0) is 4.79 Å². The average molecular weight is 237 g/mol. The number of nitrogens with zero attached hydrogens (tertiary/aromatic N) is 1. The highest BCUT2D eigenvalue weighted by Crippen LogP contribution is 2.19. The van der Waals surface area contributed by atoms with Gasteiger partial charge in [0.25, 0.3) is 0 Å². The molecule has 1 aromatic rings. The molecule has 0 amide bonds. The molecule has 4 heteroatoms. The maximum absolute atomic E-state index is 10.6. The van der Waals surface area contributed by atoms with Gasteiger partial charge in [0.2, 0.25) is 0 Å². The Kier molecular flexibility index (Phi) is 4.82. The van der Waals surface area contributed by atoms with E-state index in [1.807, 2.05) is 43.3 Å². The summed E-state index contributed by atoms with van der Waals surface area (Å²) in [6.07, 6.45) is 0.515. The van der Waals surface area contributed by atoms with Crippen LogP contribution in [0.1, 0.15) is 13.3 Å². The van der Waals surface area contributed by atoms with Crippen LogP contribution in [0, 0.1) is 5.92 Å². The van der Waals surface area contributed by atoms with Gasteiger partial charge in [0.15, 0.2) is 0 Å². The van der Waals surface area contributed by atoms with Crippen LogP contribution in [0.5, 0.6) is 5.75 Å². The van der Waals surface area contributed by atoms with Crippen LogP contribution in [0.3, 0.4) is 0 Å². The van der Waals surface area contributed by atoms with Gasteiger partial charge in [0.1, 0.15) is 5.75 Å². The van der Waals surface area contributed by atoms with Gasteiger partial charge in [-0.3, -0.25) is 4.79 Å². The topological polar surface area (TPSA) is 49.8 Å². The second kappa shape index (κ2) is 6.13. The summed E-state index contributed by atoms with van der Waals surface area (Å²) in [7, 11) is 3.93. The second-order valence-electron chi connectivity index (χ2n) is 4.27. The van der Waals surface area contributed by atoms with Crippen molar-refractivity contribution in [3.8, 4) is 5.75 Å². The fourth-order valence-electron chi connectivity index (χ4n) is 1.33. The van der Waals surface area contributed by atoms with Crippen LogP contribution in [-0.4, -0.2) is 31.8 Å². The molecule has 1 rings (SSSR count).